The summed E-state index contributed by atoms with van der Waals surface area (Å²) < 4.78 is 42.0. The van der Waals surface area contributed by atoms with Crippen molar-refractivity contribution in [1.82, 2.24) is 24.2 Å². The van der Waals surface area contributed by atoms with Crippen LogP contribution in [0, 0.1) is 17.1 Å². The molecule has 0 spiro atoms. The van der Waals surface area contributed by atoms with Crippen molar-refractivity contribution in [1.29, 1.82) is 5.26 Å². The van der Waals surface area contributed by atoms with Gasteiger partial charge in [-0.05, 0) is 36.8 Å². The molecule has 218 valence electrons. The molecule has 5 heterocycles. The molecule has 42 heavy (non-hydrogen) atoms. The second-order valence-electron chi connectivity index (χ2n) is 10.6. The zero-order valence-electron chi connectivity index (χ0n) is 23.2. The van der Waals surface area contributed by atoms with Gasteiger partial charge in [0.1, 0.15) is 17.3 Å². The number of benzene rings is 1. The molecule has 4 aromatic rings. The lowest BCUT2D eigenvalue weighted by Gasteiger charge is -2.41. The van der Waals surface area contributed by atoms with E-state index in [2.05, 4.69) is 11.1 Å². The average molecular weight is 595 g/mol. The van der Waals surface area contributed by atoms with Crippen molar-refractivity contribution in [2.45, 2.75) is 19.3 Å². The van der Waals surface area contributed by atoms with Crippen LogP contribution in [0.3, 0.4) is 0 Å². The number of rotatable bonds is 7. The molecular weight excluding hydrogens is 565 g/mol. The largest absolute Gasteiger partial charge is 0.368 e. The molecule has 0 bridgehead atoms. The number of anilines is 3. The number of imidazole rings is 1. The number of aromatic nitrogens is 3. The lowest BCUT2D eigenvalue weighted by Crippen LogP contribution is -2.61. The third-order valence-corrected chi connectivity index (χ3v) is 8.67. The molecule has 13 heteroatoms. The molecule has 2 aliphatic heterocycles. The molecule has 0 aliphatic carbocycles. The minimum absolute atomic E-state index is 0.156. The molecule has 2 saturated heterocycles. The Labute approximate surface area is 245 Å². The number of pyridine rings is 1. The lowest BCUT2D eigenvalue weighted by molar-refractivity contribution is -0.166. The number of carbonyl (C=O) groups excluding carboxylic acids is 1. The highest BCUT2D eigenvalue weighted by atomic mass is 32.1. The van der Waals surface area contributed by atoms with Crippen LogP contribution in [0.1, 0.15) is 18.2 Å². The number of nitrogens with zero attached hydrogens (tertiary/aromatic N) is 8. The molecule has 0 unspecified atom stereocenters. The number of fused-ring (bicyclic) bond motifs is 1. The van der Waals surface area contributed by atoms with E-state index in [1.54, 1.807) is 6.07 Å². The van der Waals surface area contributed by atoms with Gasteiger partial charge >= 0.3 is 0 Å². The Kier molecular flexibility index (Phi) is 7.28. The van der Waals surface area contributed by atoms with Crippen LogP contribution in [0.5, 0.6) is 0 Å². The molecule has 6 rings (SSSR count). The van der Waals surface area contributed by atoms with Crippen LogP contribution in [-0.2, 0) is 11.2 Å². The number of likely N-dealkylation sites (tertiary alicyclic amines) is 1. The quantitative estimate of drug-likeness (QED) is 0.314. The van der Waals surface area contributed by atoms with Crippen LogP contribution in [0.2, 0.25) is 0 Å². The average Bonchev–Trinajstić information content (AvgIpc) is 3.60. The van der Waals surface area contributed by atoms with Crippen LogP contribution < -0.4 is 9.80 Å². The first-order valence-electron chi connectivity index (χ1n) is 13.7. The molecule has 0 N–H and O–H groups in total. The van der Waals surface area contributed by atoms with Crippen LogP contribution >= 0.6 is 11.3 Å². The van der Waals surface area contributed by atoms with Crippen LogP contribution in [0.4, 0.5) is 29.8 Å². The fraction of sp³-hybridized carbons (Fsp3) is 0.379. The van der Waals surface area contributed by atoms with Crippen molar-refractivity contribution in [3.05, 3.63) is 59.0 Å². The summed E-state index contributed by atoms with van der Waals surface area (Å²) in [5.74, 6) is -2.59. The van der Waals surface area contributed by atoms with Gasteiger partial charge < -0.3 is 14.7 Å². The number of hydrogen-bond donors (Lipinski definition) is 0. The maximum absolute atomic E-state index is 13.7. The lowest BCUT2D eigenvalue weighted by atomic mass is 10.1. The smallest absolute Gasteiger partial charge is 0.282 e. The summed E-state index contributed by atoms with van der Waals surface area (Å²) in [6.45, 7) is 3.94. The van der Waals surface area contributed by atoms with Crippen LogP contribution in [-0.4, -0.2) is 88.9 Å². The van der Waals surface area contributed by atoms with Gasteiger partial charge in [0.2, 0.25) is 5.91 Å². The normalized spacial score (nSPS) is 16.9. The predicted octanol–water partition coefficient (Wildman–Crippen LogP) is 4.40. The van der Waals surface area contributed by atoms with Gasteiger partial charge in [-0.15, -0.1) is 11.3 Å². The Hall–Kier alpha value is -4.15. The molecule has 0 atom stereocenters. The molecule has 3 aromatic heterocycles. The summed E-state index contributed by atoms with van der Waals surface area (Å²) in [5.41, 5.74) is 4.13. The molecule has 9 nitrogen and oxygen atoms in total. The number of aryl methyl sites for hydroxylation is 1. The minimum Gasteiger partial charge on any atom is -0.368 e. The van der Waals surface area contributed by atoms with Crippen LogP contribution in [0.15, 0.2) is 41.9 Å². The van der Waals surface area contributed by atoms with Crippen molar-refractivity contribution in [3.8, 4) is 17.3 Å². The van der Waals surface area contributed by atoms with Crippen LogP contribution in [0.25, 0.3) is 16.9 Å². The van der Waals surface area contributed by atoms with Gasteiger partial charge in [-0.25, -0.2) is 23.1 Å². The molecule has 2 fully saturated rings. The molecule has 1 amide bonds. The highest BCUT2D eigenvalue weighted by Gasteiger charge is 2.46. The van der Waals surface area contributed by atoms with Crippen molar-refractivity contribution in [2.75, 3.05) is 62.7 Å². The summed E-state index contributed by atoms with van der Waals surface area (Å²) in [5, 5.41) is 12.0. The van der Waals surface area contributed by atoms with E-state index >= 15 is 0 Å². The van der Waals surface area contributed by atoms with E-state index in [1.165, 1.54) is 28.4 Å². The topological polar surface area (TPSA) is 84.0 Å². The number of piperazine rings is 1. The highest BCUT2D eigenvalue weighted by Crippen LogP contribution is 2.35. The Morgan fingerprint density at radius 2 is 1.90 bits per heavy atom. The van der Waals surface area contributed by atoms with Gasteiger partial charge in [0, 0.05) is 50.4 Å². The molecule has 1 aromatic carbocycles. The Morgan fingerprint density at radius 1 is 1.14 bits per heavy atom. The Balaban J connectivity index is 1.20. The third-order valence-electron chi connectivity index (χ3n) is 7.75. The van der Waals surface area contributed by atoms with Gasteiger partial charge in [-0.3, -0.25) is 14.1 Å². The number of alkyl halides is 2. The number of thiazole rings is 1. The molecule has 0 saturated carbocycles. The first-order chi connectivity index (χ1) is 20.2. The maximum atomic E-state index is 13.7. The monoisotopic (exact) mass is 594 g/mol. The number of hydrogen-bond acceptors (Lipinski definition) is 8. The Morgan fingerprint density at radius 3 is 2.60 bits per heavy atom. The highest BCUT2D eigenvalue weighted by molar-refractivity contribution is 7.14. The van der Waals surface area contributed by atoms with E-state index in [0.29, 0.717) is 49.0 Å². The number of halogens is 3. The van der Waals surface area contributed by atoms with Gasteiger partial charge in [0.05, 0.1) is 48.3 Å². The van der Waals surface area contributed by atoms with Crippen molar-refractivity contribution in [2.24, 2.45) is 0 Å². The van der Waals surface area contributed by atoms with E-state index in [1.807, 2.05) is 51.8 Å². The van der Waals surface area contributed by atoms with E-state index in [4.69, 9.17) is 9.97 Å². The van der Waals surface area contributed by atoms with Gasteiger partial charge in [0.25, 0.3) is 5.92 Å². The first kappa shape index (κ1) is 28.0. The standard InChI is InChI=1S/C29H29F3N8OS/c1-3-23-27(36(2)28-35-24(16-42-28)22-6-4-20(30)12-19(22)13-33)40-14-21(5-7-25(40)34-23)38-10-8-37(9-11-38)15-26(41)39-17-29(31,32)18-39/h4-7,12,14,16H,3,8-11,15,17-18H2,1-2H3. The summed E-state index contributed by atoms with van der Waals surface area (Å²) >= 11 is 1.43. The predicted molar refractivity (Wildman–Crippen MR) is 155 cm³/mol. The molecular formula is C29H29F3N8OS. The van der Waals surface area contributed by atoms with Gasteiger partial charge in [-0.2, -0.15) is 5.26 Å². The maximum Gasteiger partial charge on any atom is 0.282 e. The van der Waals surface area contributed by atoms with Crippen molar-refractivity contribution in [3.63, 3.8) is 0 Å². The first-order valence-corrected chi connectivity index (χ1v) is 14.6. The van der Waals surface area contributed by atoms with Gasteiger partial charge in [0.15, 0.2) is 5.13 Å². The second kappa shape index (κ2) is 10.9. The van der Waals surface area contributed by atoms with Crippen molar-refractivity contribution >= 4 is 39.5 Å². The number of nitriles is 1. The van der Waals surface area contributed by atoms with Gasteiger partial charge in [-0.1, -0.05) is 6.92 Å². The zero-order chi connectivity index (χ0) is 29.6. The number of amides is 1. The number of carbonyl (C=O) groups is 1. The van der Waals surface area contributed by atoms with E-state index in [9.17, 15) is 23.2 Å². The van der Waals surface area contributed by atoms with E-state index < -0.39 is 24.8 Å². The fourth-order valence-corrected chi connectivity index (χ4v) is 6.25. The Bertz CT molecular complexity index is 1680. The minimum atomic E-state index is -2.75. The van der Waals surface area contributed by atoms with E-state index in [0.717, 1.165) is 22.8 Å². The molecule has 2 aliphatic rings. The van der Waals surface area contributed by atoms with E-state index in [-0.39, 0.29) is 18.0 Å². The van der Waals surface area contributed by atoms with Crippen molar-refractivity contribution < 1.29 is 18.0 Å². The second-order valence-corrected chi connectivity index (χ2v) is 11.4. The third kappa shape index (κ3) is 5.28. The summed E-state index contributed by atoms with van der Waals surface area (Å²) in [6.07, 6.45) is 2.76. The molecule has 0 radical (unpaired) electrons. The summed E-state index contributed by atoms with van der Waals surface area (Å²) in [7, 11) is 1.93. The summed E-state index contributed by atoms with van der Waals surface area (Å²) in [6, 6.07) is 10.2. The SMILES string of the molecule is CCc1nc2ccc(N3CCN(CC(=O)N4CC(F)(F)C4)CC3)cn2c1N(C)c1nc(-c2ccc(F)cc2C#N)cs1. The zero-order valence-corrected chi connectivity index (χ0v) is 24.0. The summed E-state index contributed by atoms with van der Waals surface area (Å²) in [4.78, 5) is 29.4. The fourth-order valence-electron chi connectivity index (χ4n) is 5.46.